The summed E-state index contributed by atoms with van der Waals surface area (Å²) in [5.74, 6) is 0.691. The topological polar surface area (TPSA) is 95.6 Å². The highest BCUT2D eigenvalue weighted by molar-refractivity contribution is 5.74. The molecule has 6 nitrogen and oxygen atoms in total. The number of benzene rings is 1. The molecule has 0 radical (unpaired) electrons. The third kappa shape index (κ3) is 2.35. The van der Waals surface area contributed by atoms with E-state index in [2.05, 4.69) is 22.4 Å². The first-order valence-corrected chi connectivity index (χ1v) is 5.64. The van der Waals surface area contributed by atoms with Crippen molar-refractivity contribution in [2.24, 2.45) is 0 Å². The quantitative estimate of drug-likeness (QED) is 0.775. The van der Waals surface area contributed by atoms with Crippen LogP contribution in [0.2, 0.25) is 0 Å². The molecule has 0 fully saturated rings. The molecular weight excluding hydrogens is 216 g/mol. The molecule has 0 atom stereocenters. The van der Waals surface area contributed by atoms with Crippen molar-refractivity contribution in [2.45, 2.75) is 26.3 Å². The van der Waals surface area contributed by atoms with Crippen molar-refractivity contribution in [3.05, 3.63) is 18.2 Å². The molecule has 6 heteroatoms. The molecule has 0 aliphatic heterocycles. The molecule has 0 aliphatic rings. The van der Waals surface area contributed by atoms with Gasteiger partial charge in [0.15, 0.2) is 5.82 Å². The van der Waals surface area contributed by atoms with E-state index in [0.717, 1.165) is 24.9 Å². The number of hydrogen-bond donors (Lipinski definition) is 2. The highest BCUT2D eigenvalue weighted by Crippen LogP contribution is 2.25. The first kappa shape index (κ1) is 11.4. The highest BCUT2D eigenvalue weighted by Gasteiger charge is 2.11. The van der Waals surface area contributed by atoms with Crippen molar-refractivity contribution in [1.82, 2.24) is 20.2 Å². The van der Waals surface area contributed by atoms with E-state index in [4.69, 9.17) is 11.5 Å². The number of nitrogens with zero attached hydrogens (tertiary/aromatic N) is 4. The lowest BCUT2D eigenvalue weighted by molar-refractivity contribution is 0.557. The van der Waals surface area contributed by atoms with Crippen LogP contribution >= 0.6 is 0 Å². The normalized spacial score (nSPS) is 10.6. The predicted octanol–water partition coefficient (Wildman–Crippen LogP) is 1.30. The van der Waals surface area contributed by atoms with Crippen LogP contribution in [0, 0.1) is 0 Å². The van der Waals surface area contributed by atoms with Crippen molar-refractivity contribution in [3.63, 3.8) is 0 Å². The fourth-order valence-corrected chi connectivity index (χ4v) is 1.64. The van der Waals surface area contributed by atoms with Crippen molar-refractivity contribution in [3.8, 4) is 11.4 Å². The third-order valence-electron chi connectivity index (χ3n) is 2.57. The van der Waals surface area contributed by atoms with Gasteiger partial charge in [-0.05, 0) is 35.0 Å². The van der Waals surface area contributed by atoms with Gasteiger partial charge in [-0.2, -0.15) is 0 Å². The van der Waals surface area contributed by atoms with E-state index in [0.29, 0.717) is 17.2 Å². The van der Waals surface area contributed by atoms with Gasteiger partial charge in [0.05, 0.1) is 0 Å². The van der Waals surface area contributed by atoms with Gasteiger partial charge < -0.3 is 11.5 Å². The molecule has 90 valence electrons. The Kier molecular flexibility index (Phi) is 3.22. The van der Waals surface area contributed by atoms with E-state index in [1.165, 1.54) is 0 Å². The third-order valence-corrected chi connectivity index (χ3v) is 2.57. The Labute approximate surface area is 99.6 Å². The summed E-state index contributed by atoms with van der Waals surface area (Å²) in [7, 11) is 0. The van der Waals surface area contributed by atoms with Gasteiger partial charge in [0, 0.05) is 23.5 Å². The molecule has 2 aromatic rings. The molecule has 0 amide bonds. The zero-order valence-electron chi connectivity index (χ0n) is 9.80. The monoisotopic (exact) mass is 232 g/mol. The van der Waals surface area contributed by atoms with Crippen molar-refractivity contribution < 1.29 is 0 Å². The van der Waals surface area contributed by atoms with Crippen LogP contribution in [0.1, 0.15) is 19.8 Å². The largest absolute Gasteiger partial charge is 0.399 e. The minimum absolute atomic E-state index is 0.595. The maximum absolute atomic E-state index is 5.92. The fraction of sp³-hybridized carbons (Fsp3) is 0.364. The second kappa shape index (κ2) is 4.82. The minimum Gasteiger partial charge on any atom is -0.399 e. The second-order valence-electron chi connectivity index (χ2n) is 3.93. The van der Waals surface area contributed by atoms with Gasteiger partial charge in [-0.15, -0.1) is 5.10 Å². The number of unbranched alkanes of at least 4 members (excludes halogenated alkanes) is 1. The highest BCUT2D eigenvalue weighted by atomic mass is 15.5. The fourth-order valence-electron chi connectivity index (χ4n) is 1.64. The number of nitrogen functional groups attached to an aromatic ring is 2. The molecule has 0 bridgehead atoms. The maximum Gasteiger partial charge on any atom is 0.184 e. The Hall–Kier alpha value is -2.11. The summed E-state index contributed by atoms with van der Waals surface area (Å²) < 4.78 is 1.77. The Morgan fingerprint density at radius 2 is 2.12 bits per heavy atom. The zero-order chi connectivity index (χ0) is 12.3. The number of aromatic nitrogens is 4. The standard InChI is InChI=1S/C11H16N6/c1-2-3-6-17-11(14-15-16-17)9-5-4-8(12)7-10(9)13/h4-5,7H,2-3,6,12-13H2,1H3. The Morgan fingerprint density at radius 1 is 1.29 bits per heavy atom. The van der Waals surface area contributed by atoms with Crippen molar-refractivity contribution in [2.75, 3.05) is 11.5 Å². The van der Waals surface area contributed by atoms with E-state index >= 15 is 0 Å². The molecule has 1 heterocycles. The molecule has 0 aliphatic carbocycles. The summed E-state index contributed by atoms with van der Waals surface area (Å²) in [6, 6.07) is 5.36. The van der Waals surface area contributed by atoms with Crippen LogP contribution in [0.25, 0.3) is 11.4 Å². The van der Waals surface area contributed by atoms with Crippen LogP contribution in [-0.2, 0) is 6.54 Å². The minimum atomic E-state index is 0.595. The number of tetrazole rings is 1. The van der Waals surface area contributed by atoms with E-state index in [1.54, 1.807) is 16.8 Å². The number of nitrogens with two attached hydrogens (primary N) is 2. The van der Waals surface area contributed by atoms with Crippen LogP contribution in [0.15, 0.2) is 18.2 Å². The summed E-state index contributed by atoms with van der Waals surface area (Å²) in [5.41, 5.74) is 13.6. The van der Waals surface area contributed by atoms with Crippen LogP contribution in [0.3, 0.4) is 0 Å². The van der Waals surface area contributed by atoms with Gasteiger partial charge in [-0.1, -0.05) is 13.3 Å². The first-order chi connectivity index (χ1) is 8.22. The number of rotatable bonds is 4. The zero-order valence-corrected chi connectivity index (χ0v) is 9.80. The molecule has 1 aromatic carbocycles. The van der Waals surface area contributed by atoms with Crippen molar-refractivity contribution >= 4 is 11.4 Å². The number of hydrogen-bond acceptors (Lipinski definition) is 5. The molecule has 4 N–H and O–H groups in total. The Bertz CT molecular complexity index is 504. The van der Waals surface area contributed by atoms with Crippen LogP contribution < -0.4 is 11.5 Å². The lowest BCUT2D eigenvalue weighted by Gasteiger charge is -2.06. The van der Waals surface area contributed by atoms with Gasteiger partial charge in [0.2, 0.25) is 0 Å². The van der Waals surface area contributed by atoms with E-state index in [9.17, 15) is 0 Å². The predicted molar refractivity (Wildman–Crippen MR) is 67.0 cm³/mol. The second-order valence-corrected chi connectivity index (χ2v) is 3.93. The van der Waals surface area contributed by atoms with E-state index in [-0.39, 0.29) is 0 Å². The van der Waals surface area contributed by atoms with E-state index in [1.807, 2.05) is 6.07 Å². The summed E-state index contributed by atoms with van der Waals surface area (Å²) in [5, 5.41) is 11.7. The Morgan fingerprint density at radius 3 is 2.82 bits per heavy atom. The van der Waals surface area contributed by atoms with Crippen molar-refractivity contribution in [1.29, 1.82) is 0 Å². The molecule has 17 heavy (non-hydrogen) atoms. The van der Waals surface area contributed by atoms with E-state index < -0.39 is 0 Å². The molecule has 0 unspecified atom stereocenters. The molecule has 0 spiro atoms. The lowest BCUT2D eigenvalue weighted by Crippen LogP contribution is -2.04. The van der Waals surface area contributed by atoms with Gasteiger partial charge in [-0.25, -0.2) is 4.68 Å². The SMILES string of the molecule is CCCCn1nnnc1-c1ccc(N)cc1N. The van der Waals surface area contributed by atoms with Gasteiger partial charge in [0.25, 0.3) is 0 Å². The summed E-state index contributed by atoms with van der Waals surface area (Å²) >= 11 is 0. The van der Waals surface area contributed by atoms with Gasteiger partial charge in [0.1, 0.15) is 0 Å². The van der Waals surface area contributed by atoms with Crippen LogP contribution in [0.5, 0.6) is 0 Å². The Balaban J connectivity index is 2.35. The number of aryl methyl sites for hydroxylation is 1. The molecular formula is C11H16N6. The van der Waals surface area contributed by atoms with Gasteiger partial charge >= 0.3 is 0 Å². The molecule has 2 rings (SSSR count). The maximum atomic E-state index is 5.92. The average Bonchev–Trinajstić information content (AvgIpc) is 2.74. The molecule has 0 saturated heterocycles. The summed E-state index contributed by atoms with van der Waals surface area (Å²) in [6.45, 7) is 2.92. The average molecular weight is 232 g/mol. The lowest BCUT2D eigenvalue weighted by atomic mass is 10.1. The summed E-state index contributed by atoms with van der Waals surface area (Å²) in [6.07, 6.45) is 2.13. The molecule has 0 saturated carbocycles. The smallest absolute Gasteiger partial charge is 0.184 e. The summed E-state index contributed by atoms with van der Waals surface area (Å²) in [4.78, 5) is 0. The van der Waals surface area contributed by atoms with Crippen LogP contribution in [0.4, 0.5) is 11.4 Å². The van der Waals surface area contributed by atoms with Crippen LogP contribution in [-0.4, -0.2) is 20.2 Å². The molecule has 1 aromatic heterocycles. The first-order valence-electron chi connectivity index (χ1n) is 5.64. The van der Waals surface area contributed by atoms with Gasteiger partial charge in [-0.3, -0.25) is 0 Å². The number of anilines is 2.